The molecule has 0 saturated carbocycles. The van der Waals surface area contributed by atoms with Crippen molar-refractivity contribution in [2.24, 2.45) is 5.92 Å². The normalized spacial score (nSPS) is 13.1. The SMILES string of the molecule is CC(C)CC(C)NCC(=O)N(C)C. The summed E-state index contributed by atoms with van der Waals surface area (Å²) >= 11 is 0. The van der Waals surface area contributed by atoms with Crippen LogP contribution in [0.2, 0.25) is 0 Å². The summed E-state index contributed by atoms with van der Waals surface area (Å²) in [5, 5.41) is 3.20. The van der Waals surface area contributed by atoms with Gasteiger partial charge in [0.2, 0.25) is 5.91 Å². The first-order valence-corrected chi connectivity index (χ1v) is 4.87. The number of hydrogen-bond donors (Lipinski definition) is 1. The van der Waals surface area contributed by atoms with E-state index in [-0.39, 0.29) is 5.91 Å². The molecule has 3 heteroatoms. The van der Waals surface area contributed by atoms with E-state index in [4.69, 9.17) is 0 Å². The summed E-state index contributed by atoms with van der Waals surface area (Å²) in [5.74, 6) is 0.813. The van der Waals surface area contributed by atoms with E-state index in [9.17, 15) is 4.79 Å². The molecule has 1 N–H and O–H groups in total. The number of likely N-dealkylation sites (N-methyl/N-ethyl adjacent to an activating group) is 1. The van der Waals surface area contributed by atoms with Crippen LogP contribution in [0.25, 0.3) is 0 Å². The number of carbonyl (C=O) groups excluding carboxylic acids is 1. The van der Waals surface area contributed by atoms with Crippen LogP contribution >= 0.6 is 0 Å². The molecule has 0 aromatic rings. The third-order valence-electron chi connectivity index (χ3n) is 1.93. The summed E-state index contributed by atoms with van der Waals surface area (Å²) in [6.07, 6.45) is 1.11. The highest BCUT2D eigenvalue weighted by Crippen LogP contribution is 2.03. The summed E-state index contributed by atoms with van der Waals surface area (Å²) < 4.78 is 0. The smallest absolute Gasteiger partial charge is 0.236 e. The second-order valence-corrected chi connectivity index (χ2v) is 4.20. The molecule has 0 spiro atoms. The Morgan fingerprint density at radius 2 is 1.85 bits per heavy atom. The Morgan fingerprint density at radius 3 is 2.23 bits per heavy atom. The van der Waals surface area contributed by atoms with Crippen molar-refractivity contribution in [3.8, 4) is 0 Å². The zero-order valence-electron chi connectivity index (χ0n) is 9.42. The largest absolute Gasteiger partial charge is 0.348 e. The molecule has 1 atom stereocenters. The molecule has 1 unspecified atom stereocenters. The Bertz CT molecular complexity index is 155. The minimum atomic E-state index is 0.135. The molecule has 0 bridgehead atoms. The molecule has 13 heavy (non-hydrogen) atoms. The summed E-state index contributed by atoms with van der Waals surface area (Å²) in [6, 6.07) is 0.420. The summed E-state index contributed by atoms with van der Waals surface area (Å²) in [4.78, 5) is 12.8. The molecular weight excluding hydrogens is 164 g/mol. The lowest BCUT2D eigenvalue weighted by atomic mass is 10.1. The topological polar surface area (TPSA) is 32.3 Å². The molecule has 1 amide bonds. The van der Waals surface area contributed by atoms with Gasteiger partial charge in [-0.2, -0.15) is 0 Å². The Labute approximate surface area is 81.5 Å². The van der Waals surface area contributed by atoms with Gasteiger partial charge in [0, 0.05) is 20.1 Å². The van der Waals surface area contributed by atoms with Crippen molar-refractivity contribution < 1.29 is 4.79 Å². The van der Waals surface area contributed by atoms with Gasteiger partial charge >= 0.3 is 0 Å². The molecule has 0 aliphatic rings. The van der Waals surface area contributed by atoms with Gasteiger partial charge in [0.05, 0.1) is 6.54 Å². The van der Waals surface area contributed by atoms with Crippen LogP contribution in [0.3, 0.4) is 0 Å². The first-order chi connectivity index (χ1) is 5.93. The first kappa shape index (κ1) is 12.4. The highest BCUT2D eigenvalue weighted by Gasteiger charge is 2.07. The van der Waals surface area contributed by atoms with Crippen LogP contribution in [-0.2, 0) is 4.79 Å². The lowest BCUT2D eigenvalue weighted by Gasteiger charge is -2.17. The second kappa shape index (κ2) is 5.97. The molecule has 0 saturated heterocycles. The van der Waals surface area contributed by atoms with Gasteiger partial charge in [-0.15, -0.1) is 0 Å². The molecule has 0 aliphatic heterocycles. The highest BCUT2D eigenvalue weighted by atomic mass is 16.2. The van der Waals surface area contributed by atoms with Crippen LogP contribution in [0, 0.1) is 5.92 Å². The highest BCUT2D eigenvalue weighted by molar-refractivity contribution is 5.77. The van der Waals surface area contributed by atoms with Crippen molar-refractivity contribution in [3.63, 3.8) is 0 Å². The van der Waals surface area contributed by atoms with Crippen molar-refractivity contribution in [2.75, 3.05) is 20.6 Å². The molecule has 78 valence electrons. The number of hydrogen-bond acceptors (Lipinski definition) is 2. The molecule has 0 rings (SSSR count). The Balaban J connectivity index is 3.58. The van der Waals surface area contributed by atoms with Gasteiger partial charge in [0.15, 0.2) is 0 Å². The standard InChI is InChI=1S/C10H22N2O/c1-8(2)6-9(3)11-7-10(13)12(4)5/h8-9,11H,6-7H2,1-5H3. The van der Waals surface area contributed by atoms with Crippen molar-refractivity contribution in [3.05, 3.63) is 0 Å². The van der Waals surface area contributed by atoms with Crippen LogP contribution in [0.5, 0.6) is 0 Å². The van der Waals surface area contributed by atoms with Gasteiger partial charge in [-0.1, -0.05) is 13.8 Å². The average molecular weight is 186 g/mol. The van der Waals surface area contributed by atoms with E-state index >= 15 is 0 Å². The van der Waals surface area contributed by atoms with E-state index in [1.165, 1.54) is 0 Å². The zero-order chi connectivity index (χ0) is 10.4. The molecule has 0 aromatic heterocycles. The van der Waals surface area contributed by atoms with Gasteiger partial charge in [0.1, 0.15) is 0 Å². The zero-order valence-corrected chi connectivity index (χ0v) is 9.42. The van der Waals surface area contributed by atoms with E-state index in [0.29, 0.717) is 18.5 Å². The van der Waals surface area contributed by atoms with Gasteiger partial charge in [-0.25, -0.2) is 0 Å². The minimum Gasteiger partial charge on any atom is -0.348 e. The maximum absolute atomic E-state index is 11.2. The van der Waals surface area contributed by atoms with Crippen molar-refractivity contribution >= 4 is 5.91 Å². The second-order valence-electron chi connectivity index (χ2n) is 4.20. The average Bonchev–Trinajstić information content (AvgIpc) is 1.98. The van der Waals surface area contributed by atoms with E-state index in [0.717, 1.165) is 6.42 Å². The van der Waals surface area contributed by atoms with Crippen molar-refractivity contribution in [2.45, 2.75) is 33.2 Å². The van der Waals surface area contributed by atoms with Gasteiger partial charge in [-0.05, 0) is 19.3 Å². The molecule has 0 radical (unpaired) electrons. The number of rotatable bonds is 5. The molecular formula is C10H22N2O. The third-order valence-corrected chi connectivity index (χ3v) is 1.93. The fourth-order valence-electron chi connectivity index (χ4n) is 1.21. The fourth-order valence-corrected chi connectivity index (χ4v) is 1.21. The Morgan fingerprint density at radius 1 is 1.31 bits per heavy atom. The summed E-state index contributed by atoms with van der Waals surface area (Å²) in [6.45, 7) is 6.93. The van der Waals surface area contributed by atoms with E-state index in [1.54, 1.807) is 19.0 Å². The van der Waals surface area contributed by atoms with Crippen molar-refractivity contribution in [1.82, 2.24) is 10.2 Å². The Kier molecular flexibility index (Phi) is 5.71. The number of nitrogens with zero attached hydrogens (tertiary/aromatic N) is 1. The lowest BCUT2D eigenvalue weighted by Crippen LogP contribution is -2.37. The Hall–Kier alpha value is -0.570. The lowest BCUT2D eigenvalue weighted by molar-refractivity contribution is -0.127. The molecule has 0 aliphatic carbocycles. The van der Waals surface area contributed by atoms with Gasteiger partial charge in [0.25, 0.3) is 0 Å². The van der Waals surface area contributed by atoms with Crippen LogP contribution in [0.4, 0.5) is 0 Å². The van der Waals surface area contributed by atoms with Crippen LogP contribution in [0.1, 0.15) is 27.2 Å². The van der Waals surface area contributed by atoms with Crippen molar-refractivity contribution in [1.29, 1.82) is 0 Å². The number of carbonyl (C=O) groups is 1. The molecule has 0 fully saturated rings. The molecule has 0 heterocycles. The minimum absolute atomic E-state index is 0.135. The van der Waals surface area contributed by atoms with Gasteiger partial charge < -0.3 is 10.2 Å². The first-order valence-electron chi connectivity index (χ1n) is 4.87. The quantitative estimate of drug-likeness (QED) is 0.697. The van der Waals surface area contributed by atoms with Gasteiger partial charge in [-0.3, -0.25) is 4.79 Å². The van der Waals surface area contributed by atoms with Crippen LogP contribution < -0.4 is 5.32 Å². The predicted molar refractivity (Wildman–Crippen MR) is 55.6 cm³/mol. The summed E-state index contributed by atoms with van der Waals surface area (Å²) in [5.41, 5.74) is 0. The number of amides is 1. The predicted octanol–water partition coefficient (Wildman–Crippen LogP) is 1.10. The maximum atomic E-state index is 11.2. The number of nitrogens with one attached hydrogen (secondary N) is 1. The molecule has 0 aromatic carbocycles. The monoisotopic (exact) mass is 186 g/mol. The third kappa shape index (κ3) is 6.58. The summed E-state index contributed by atoms with van der Waals surface area (Å²) in [7, 11) is 3.55. The molecule has 3 nitrogen and oxygen atoms in total. The maximum Gasteiger partial charge on any atom is 0.236 e. The fraction of sp³-hybridized carbons (Fsp3) is 0.900. The van der Waals surface area contributed by atoms with E-state index < -0.39 is 0 Å². The van der Waals surface area contributed by atoms with Crippen LogP contribution in [-0.4, -0.2) is 37.5 Å². The van der Waals surface area contributed by atoms with Crippen LogP contribution in [0.15, 0.2) is 0 Å². The van der Waals surface area contributed by atoms with E-state index in [1.807, 2.05) is 0 Å². The van der Waals surface area contributed by atoms with E-state index in [2.05, 4.69) is 26.1 Å².